The minimum Gasteiger partial charge on any atom is -0.304 e. The van der Waals surface area contributed by atoms with E-state index in [9.17, 15) is 4.79 Å². The Morgan fingerprint density at radius 3 is 2.78 bits per heavy atom. The molecule has 0 aliphatic carbocycles. The van der Waals surface area contributed by atoms with Gasteiger partial charge in [-0.25, -0.2) is 4.98 Å². The molecule has 2 heterocycles. The van der Waals surface area contributed by atoms with Gasteiger partial charge in [0.15, 0.2) is 5.82 Å². The molecule has 0 aliphatic rings. The Balaban J connectivity index is 2.51. The molecule has 0 radical (unpaired) electrons. The summed E-state index contributed by atoms with van der Waals surface area (Å²) in [6.45, 7) is 4.02. The van der Waals surface area contributed by atoms with E-state index in [1.54, 1.807) is 6.20 Å². The zero-order valence-electron chi connectivity index (χ0n) is 10.3. The third-order valence-electron chi connectivity index (χ3n) is 2.57. The van der Waals surface area contributed by atoms with E-state index in [-0.39, 0.29) is 5.56 Å². The molecular weight excluding hydrogens is 294 g/mol. The van der Waals surface area contributed by atoms with Gasteiger partial charge < -0.3 is 4.98 Å². The number of nitrogens with one attached hydrogen (secondary N) is 1. The number of pyridine rings is 1. The Hall–Kier alpha value is -1.49. The van der Waals surface area contributed by atoms with Crippen LogP contribution < -0.4 is 5.56 Å². The maximum absolute atomic E-state index is 11.8. The molecule has 0 unspecified atom stereocenters. The van der Waals surface area contributed by atoms with Crippen LogP contribution in [0.2, 0.25) is 0 Å². The molecule has 0 bridgehead atoms. The molecule has 2 rings (SSSR count). The average Bonchev–Trinajstić information content (AvgIpc) is 2.36. The van der Waals surface area contributed by atoms with E-state index in [0.29, 0.717) is 16.0 Å². The highest BCUT2D eigenvalue weighted by molar-refractivity contribution is 9.10. The number of rotatable bonds is 3. The van der Waals surface area contributed by atoms with Gasteiger partial charge >= 0.3 is 0 Å². The van der Waals surface area contributed by atoms with Gasteiger partial charge in [-0.05, 0) is 40.9 Å². The fourth-order valence-corrected chi connectivity index (χ4v) is 2.02. The second-order valence-corrected chi connectivity index (χ2v) is 4.94. The largest absolute Gasteiger partial charge is 0.304 e. The highest BCUT2D eigenvalue weighted by Crippen LogP contribution is 2.16. The lowest BCUT2D eigenvalue weighted by atomic mass is 10.2. The number of aromatic amines is 1. The summed E-state index contributed by atoms with van der Waals surface area (Å²) in [5, 5.41) is 0. The van der Waals surface area contributed by atoms with Gasteiger partial charge in [0, 0.05) is 6.20 Å². The fourth-order valence-electron chi connectivity index (χ4n) is 1.64. The monoisotopic (exact) mass is 307 g/mol. The normalized spacial score (nSPS) is 10.6. The Bertz CT molecular complexity index is 605. The molecule has 2 aromatic heterocycles. The first-order valence-electron chi connectivity index (χ1n) is 5.83. The smallest absolute Gasteiger partial charge is 0.265 e. The van der Waals surface area contributed by atoms with E-state index in [0.717, 1.165) is 24.1 Å². The van der Waals surface area contributed by atoms with E-state index >= 15 is 0 Å². The molecule has 0 amide bonds. The van der Waals surface area contributed by atoms with Crippen molar-refractivity contribution in [3.63, 3.8) is 0 Å². The molecule has 1 N–H and O–H groups in total. The number of aromatic nitrogens is 3. The molecule has 0 aromatic carbocycles. The summed E-state index contributed by atoms with van der Waals surface area (Å²) in [5.74, 6) is 0.520. The minimum absolute atomic E-state index is 0.161. The maximum atomic E-state index is 11.8. The highest BCUT2D eigenvalue weighted by Gasteiger charge is 2.10. The lowest BCUT2D eigenvalue weighted by molar-refractivity contribution is 0.859. The van der Waals surface area contributed by atoms with Crippen molar-refractivity contribution in [1.29, 1.82) is 0 Å². The summed E-state index contributed by atoms with van der Waals surface area (Å²) < 4.78 is 0.514. The first-order chi connectivity index (χ1) is 8.61. The molecule has 5 heteroatoms. The van der Waals surface area contributed by atoms with Gasteiger partial charge in [-0.3, -0.25) is 9.78 Å². The summed E-state index contributed by atoms with van der Waals surface area (Å²) in [6.07, 6.45) is 3.47. The van der Waals surface area contributed by atoms with Crippen LogP contribution in [-0.4, -0.2) is 15.0 Å². The fraction of sp³-hybridized carbons (Fsp3) is 0.308. The van der Waals surface area contributed by atoms with Crippen LogP contribution in [0.15, 0.2) is 27.6 Å². The third kappa shape index (κ3) is 2.67. The van der Waals surface area contributed by atoms with Crippen molar-refractivity contribution in [3.8, 4) is 11.5 Å². The standard InChI is InChI=1S/C13H14BrN3O/c1-3-4-9-11(14)13(18)17-12(16-9)10-6-5-8(2)7-15-10/h5-7H,3-4H2,1-2H3,(H,16,17,18). The van der Waals surface area contributed by atoms with Crippen molar-refractivity contribution >= 4 is 15.9 Å². The average molecular weight is 308 g/mol. The minimum atomic E-state index is -0.161. The van der Waals surface area contributed by atoms with E-state index in [1.807, 2.05) is 19.1 Å². The van der Waals surface area contributed by atoms with Gasteiger partial charge in [0.25, 0.3) is 5.56 Å². The van der Waals surface area contributed by atoms with Crippen LogP contribution in [0.3, 0.4) is 0 Å². The van der Waals surface area contributed by atoms with Crippen LogP contribution >= 0.6 is 15.9 Å². The summed E-state index contributed by atoms with van der Waals surface area (Å²) in [4.78, 5) is 23.3. The van der Waals surface area contributed by atoms with Crippen molar-refractivity contribution in [2.75, 3.05) is 0 Å². The molecule has 0 spiro atoms. The van der Waals surface area contributed by atoms with E-state index in [4.69, 9.17) is 0 Å². The quantitative estimate of drug-likeness (QED) is 0.948. The van der Waals surface area contributed by atoms with Gasteiger partial charge in [-0.2, -0.15) is 0 Å². The maximum Gasteiger partial charge on any atom is 0.265 e. The van der Waals surface area contributed by atoms with Gasteiger partial charge in [-0.1, -0.05) is 19.4 Å². The van der Waals surface area contributed by atoms with Crippen LogP contribution in [0.25, 0.3) is 11.5 Å². The zero-order chi connectivity index (χ0) is 13.1. The number of H-pyrrole nitrogens is 1. The predicted molar refractivity (Wildman–Crippen MR) is 74.5 cm³/mol. The number of halogens is 1. The first-order valence-corrected chi connectivity index (χ1v) is 6.63. The Labute approximate surface area is 114 Å². The van der Waals surface area contributed by atoms with E-state index in [1.165, 1.54) is 0 Å². The third-order valence-corrected chi connectivity index (χ3v) is 3.39. The van der Waals surface area contributed by atoms with Gasteiger partial charge in [-0.15, -0.1) is 0 Å². The summed E-state index contributed by atoms with van der Waals surface area (Å²) >= 11 is 3.27. The van der Waals surface area contributed by atoms with Gasteiger partial charge in [0.05, 0.1) is 5.69 Å². The molecule has 2 aromatic rings. The topological polar surface area (TPSA) is 58.6 Å². The highest BCUT2D eigenvalue weighted by atomic mass is 79.9. The van der Waals surface area contributed by atoms with Crippen molar-refractivity contribution in [2.45, 2.75) is 26.7 Å². The second-order valence-electron chi connectivity index (χ2n) is 4.15. The van der Waals surface area contributed by atoms with Crippen molar-refractivity contribution in [1.82, 2.24) is 15.0 Å². The molecule has 18 heavy (non-hydrogen) atoms. The number of nitrogens with zero attached hydrogens (tertiary/aromatic N) is 2. The molecule has 4 nitrogen and oxygen atoms in total. The molecular formula is C13H14BrN3O. The second kappa shape index (κ2) is 5.44. The van der Waals surface area contributed by atoms with Crippen molar-refractivity contribution in [3.05, 3.63) is 44.4 Å². The lowest BCUT2D eigenvalue weighted by Gasteiger charge is -2.05. The van der Waals surface area contributed by atoms with Crippen LogP contribution in [0.1, 0.15) is 24.6 Å². The van der Waals surface area contributed by atoms with Crippen molar-refractivity contribution in [2.24, 2.45) is 0 Å². The van der Waals surface area contributed by atoms with Crippen LogP contribution in [-0.2, 0) is 6.42 Å². The number of aryl methyl sites for hydroxylation is 2. The number of hydrogen-bond donors (Lipinski definition) is 1. The summed E-state index contributed by atoms with van der Waals surface area (Å²) in [7, 11) is 0. The van der Waals surface area contributed by atoms with E-state index in [2.05, 4.69) is 37.8 Å². The van der Waals surface area contributed by atoms with Crippen LogP contribution in [0.4, 0.5) is 0 Å². The predicted octanol–water partition coefficient (Wildman–Crippen LogP) is 2.86. The molecule has 0 saturated heterocycles. The Morgan fingerprint density at radius 1 is 1.39 bits per heavy atom. The Kier molecular flexibility index (Phi) is 3.91. The van der Waals surface area contributed by atoms with Gasteiger partial charge in [0.2, 0.25) is 0 Å². The first kappa shape index (κ1) is 13.0. The number of hydrogen-bond acceptors (Lipinski definition) is 3. The van der Waals surface area contributed by atoms with Crippen LogP contribution in [0, 0.1) is 6.92 Å². The lowest BCUT2D eigenvalue weighted by Crippen LogP contribution is -2.14. The molecule has 0 aliphatic heterocycles. The summed E-state index contributed by atoms with van der Waals surface area (Å²) in [6, 6.07) is 3.81. The molecule has 94 valence electrons. The van der Waals surface area contributed by atoms with Crippen LogP contribution in [0.5, 0.6) is 0 Å². The zero-order valence-corrected chi connectivity index (χ0v) is 11.9. The van der Waals surface area contributed by atoms with Gasteiger partial charge in [0.1, 0.15) is 10.2 Å². The van der Waals surface area contributed by atoms with E-state index < -0.39 is 0 Å². The van der Waals surface area contributed by atoms with Crippen molar-refractivity contribution < 1.29 is 0 Å². The Morgan fingerprint density at radius 2 is 2.17 bits per heavy atom. The molecule has 0 atom stereocenters. The SMILES string of the molecule is CCCc1nc(-c2ccc(C)cn2)[nH]c(=O)c1Br. The molecule has 0 saturated carbocycles. The molecule has 0 fully saturated rings. The summed E-state index contributed by atoms with van der Waals surface area (Å²) in [5.41, 5.74) is 2.37.